The van der Waals surface area contributed by atoms with Gasteiger partial charge in [-0.05, 0) is 50.9 Å². The fourth-order valence-corrected chi connectivity index (χ4v) is 3.12. The summed E-state index contributed by atoms with van der Waals surface area (Å²) >= 11 is 0. The maximum atomic E-state index is 12.2. The Hall–Kier alpha value is -1.58. The van der Waals surface area contributed by atoms with Gasteiger partial charge in [0.2, 0.25) is 11.8 Å². The minimum absolute atomic E-state index is 0.0000435. The molecule has 0 spiro atoms. The second-order valence-electron chi connectivity index (χ2n) is 6.75. The van der Waals surface area contributed by atoms with E-state index in [1.165, 1.54) is 0 Å². The molecule has 2 N–H and O–H groups in total. The van der Waals surface area contributed by atoms with Gasteiger partial charge < -0.3 is 10.6 Å². The van der Waals surface area contributed by atoms with E-state index in [-0.39, 0.29) is 17.9 Å². The van der Waals surface area contributed by atoms with Crippen LogP contribution >= 0.6 is 0 Å². The van der Waals surface area contributed by atoms with Crippen molar-refractivity contribution < 1.29 is 9.59 Å². The highest BCUT2D eigenvalue weighted by Gasteiger charge is 2.20. The maximum absolute atomic E-state index is 12.2. The number of hydrogen-bond acceptors (Lipinski definition) is 2. The number of carbonyl (C=O) groups is 2. The summed E-state index contributed by atoms with van der Waals surface area (Å²) in [4.78, 5) is 24.3. The van der Waals surface area contributed by atoms with Gasteiger partial charge in [-0.3, -0.25) is 9.59 Å². The lowest BCUT2D eigenvalue weighted by Gasteiger charge is -2.21. The molecule has 0 aromatic heterocycles. The van der Waals surface area contributed by atoms with Crippen molar-refractivity contribution >= 4 is 11.8 Å². The quantitative estimate of drug-likeness (QED) is 0.760. The van der Waals surface area contributed by atoms with Gasteiger partial charge in [-0.2, -0.15) is 0 Å². The van der Waals surface area contributed by atoms with E-state index in [2.05, 4.69) is 24.5 Å². The molecule has 22 heavy (non-hydrogen) atoms. The van der Waals surface area contributed by atoms with Gasteiger partial charge in [0.05, 0.1) is 0 Å². The molecule has 122 valence electrons. The second-order valence-corrected chi connectivity index (χ2v) is 6.75. The Morgan fingerprint density at radius 3 is 2.14 bits per heavy atom. The van der Waals surface area contributed by atoms with E-state index in [1.54, 1.807) is 0 Å². The Morgan fingerprint density at radius 1 is 1.05 bits per heavy atom. The van der Waals surface area contributed by atoms with Crippen LogP contribution in [0.2, 0.25) is 0 Å². The van der Waals surface area contributed by atoms with Crippen LogP contribution in [0.15, 0.2) is 23.3 Å². The molecule has 0 radical (unpaired) electrons. The first-order valence-electron chi connectivity index (χ1n) is 8.53. The SMILES string of the molecule is CC(C)C[C@H](CNC(=O)C1=CCCC1)NC(=O)C1=CCCC1. The first kappa shape index (κ1) is 16.8. The third-order valence-corrected chi connectivity index (χ3v) is 4.27. The molecular weight excluding hydrogens is 276 g/mol. The summed E-state index contributed by atoms with van der Waals surface area (Å²) in [5.41, 5.74) is 1.80. The summed E-state index contributed by atoms with van der Waals surface area (Å²) in [6.45, 7) is 4.78. The summed E-state index contributed by atoms with van der Waals surface area (Å²) in [6.07, 6.45) is 10.8. The van der Waals surface area contributed by atoms with Crippen LogP contribution in [-0.4, -0.2) is 24.4 Å². The normalized spacial score (nSPS) is 18.9. The predicted molar refractivity (Wildman–Crippen MR) is 88.3 cm³/mol. The number of hydrogen-bond donors (Lipinski definition) is 2. The van der Waals surface area contributed by atoms with Crippen LogP contribution in [0.4, 0.5) is 0 Å². The first-order valence-corrected chi connectivity index (χ1v) is 8.53. The second kappa shape index (κ2) is 8.16. The van der Waals surface area contributed by atoms with E-state index < -0.39 is 0 Å². The van der Waals surface area contributed by atoms with Gasteiger partial charge in [-0.15, -0.1) is 0 Å². The van der Waals surface area contributed by atoms with Gasteiger partial charge in [0.15, 0.2) is 0 Å². The van der Waals surface area contributed by atoms with Crippen molar-refractivity contribution in [1.29, 1.82) is 0 Å². The third kappa shape index (κ3) is 5.00. The zero-order valence-electron chi connectivity index (χ0n) is 13.8. The van der Waals surface area contributed by atoms with E-state index >= 15 is 0 Å². The lowest BCUT2D eigenvalue weighted by atomic mass is 10.0. The fraction of sp³-hybridized carbons (Fsp3) is 0.667. The molecular formula is C18H28N2O2. The van der Waals surface area contributed by atoms with E-state index in [4.69, 9.17) is 0 Å². The smallest absolute Gasteiger partial charge is 0.247 e. The molecule has 4 heteroatoms. The maximum Gasteiger partial charge on any atom is 0.247 e. The molecule has 0 saturated carbocycles. The molecule has 2 rings (SSSR count). The topological polar surface area (TPSA) is 58.2 Å². The molecule has 0 aliphatic heterocycles. The summed E-state index contributed by atoms with van der Waals surface area (Å²) in [6, 6.07) is -0.0000435. The average molecular weight is 304 g/mol. The molecule has 2 aliphatic carbocycles. The van der Waals surface area contributed by atoms with E-state index in [9.17, 15) is 9.59 Å². The number of carbonyl (C=O) groups excluding carboxylic acids is 2. The van der Waals surface area contributed by atoms with E-state index in [1.807, 2.05) is 12.2 Å². The molecule has 0 aromatic carbocycles. The molecule has 0 fully saturated rings. The molecule has 0 saturated heterocycles. The Labute approximate surface area is 133 Å². The molecule has 0 heterocycles. The minimum Gasteiger partial charge on any atom is -0.350 e. The predicted octanol–water partition coefficient (Wildman–Crippen LogP) is 2.85. The van der Waals surface area contributed by atoms with Crippen LogP contribution in [0.5, 0.6) is 0 Å². The highest BCUT2D eigenvalue weighted by Crippen LogP contribution is 2.19. The lowest BCUT2D eigenvalue weighted by molar-refractivity contribution is -0.120. The van der Waals surface area contributed by atoms with Gasteiger partial charge in [0, 0.05) is 23.7 Å². The Bertz CT molecular complexity index is 477. The van der Waals surface area contributed by atoms with Crippen molar-refractivity contribution in [3.8, 4) is 0 Å². The van der Waals surface area contributed by atoms with Crippen LogP contribution in [0.1, 0.15) is 58.8 Å². The van der Waals surface area contributed by atoms with Crippen molar-refractivity contribution in [2.24, 2.45) is 5.92 Å². The molecule has 4 nitrogen and oxygen atoms in total. The number of allylic oxidation sites excluding steroid dienone is 2. The minimum atomic E-state index is -0.0000435. The van der Waals surface area contributed by atoms with Crippen LogP contribution in [-0.2, 0) is 9.59 Å². The van der Waals surface area contributed by atoms with E-state index in [0.717, 1.165) is 56.1 Å². The Kier molecular flexibility index (Phi) is 6.22. The average Bonchev–Trinajstić information content (AvgIpc) is 3.15. The zero-order chi connectivity index (χ0) is 15.9. The fourth-order valence-electron chi connectivity index (χ4n) is 3.12. The van der Waals surface area contributed by atoms with E-state index in [0.29, 0.717) is 12.5 Å². The van der Waals surface area contributed by atoms with Crippen LogP contribution < -0.4 is 10.6 Å². The summed E-state index contributed by atoms with van der Waals surface area (Å²) in [5, 5.41) is 6.08. The number of nitrogens with one attached hydrogen (secondary N) is 2. The summed E-state index contributed by atoms with van der Waals surface area (Å²) in [7, 11) is 0. The molecule has 1 atom stereocenters. The summed E-state index contributed by atoms with van der Waals surface area (Å²) in [5.74, 6) is 0.545. The zero-order valence-corrected chi connectivity index (χ0v) is 13.8. The van der Waals surface area contributed by atoms with Gasteiger partial charge in [-0.1, -0.05) is 26.0 Å². The number of rotatable bonds is 7. The van der Waals surface area contributed by atoms with Crippen molar-refractivity contribution in [3.05, 3.63) is 23.3 Å². The van der Waals surface area contributed by atoms with Gasteiger partial charge >= 0.3 is 0 Å². The van der Waals surface area contributed by atoms with Crippen LogP contribution in [0, 0.1) is 5.92 Å². The van der Waals surface area contributed by atoms with Crippen molar-refractivity contribution in [1.82, 2.24) is 10.6 Å². The molecule has 0 bridgehead atoms. The Balaban J connectivity index is 1.85. The van der Waals surface area contributed by atoms with Gasteiger partial charge in [0.1, 0.15) is 0 Å². The van der Waals surface area contributed by atoms with Gasteiger partial charge in [0.25, 0.3) is 0 Å². The summed E-state index contributed by atoms with van der Waals surface area (Å²) < 4.78 is 0. The highest BCUT2D eigenvalue weighted by molar-refractivity contribution is 5.95. The van der Waals surface area contributed by atoms with Crippen molar-refractivity contribution in [3.63, 3.8) is 0 Å². The molecule has 2 aliphatic rings. The third-order valence-electron chi connectivity index (χ3n) is 4.27. The first-order chi connectivity index (χ1) is 10.6. The van der Waals surface area contributed by atoms with Crippen LogP contribution in [0.3, 0.4) is 0 Å². The highest BCUT2D eigenvalue weighted by atomic mass is 16.2. The lowest BCUT2D eigenvalue weighted by Crippen LogP contribution is -2.45. The van der Waals surface area contributed by atoms with Crippen molar-refractivity contribution in [2.45, 2.75) is 64.8 Å². The largest absolute Gasteiger partial charge is 0.350 e. The molecule has 2 amide bonds. The standard InChI is InChI=1S/C18H28N2O2/c1-13(2)11-16(20-18(22)15-9-5-6-10-15)12-19-17(21)14-7-3-4-8-14/h7,9,13,16H,3-6,8,10-12H2,1-2H3,(H,19,21)(H,20,22)/t16-/m1/s1. The van der Waals surface area contributed by atoms with Gasteiger partial charge in [-0.25, -0.2) is 0 Å². The van der Waals surface area contributed by atoms with Crippen molar-refractivity contribution in [2.75, 3.05) is 6.54 Å². The molecule has 0 unspecified atom stereocenters. The Morgan fingerprint density at radius 2 is 1.64 bits per heavy atom. The van der Waals surface area contributed by atoms with Crippen LogP contribution in [0.25, 0.3) is 0 Å². The number of amides is 2. The monoisotopic (exact) mass is 304 g/mol. The molecule has 0 aromatic rings.